The van der Waals surface area contributed by atoms with Crippen molar-refractivity contribution in [1.82, 2.24) is 14.3 Å². The number of halogens is 6. The van der Waals surface area contributed by atoms with Gasteiger partial charge >= 0.3 is 12.4 Å². The largest absolute Gasteiger partial charge is 0.416 e. The third kappa shape index (κ3) is 4.12. The second-order valence-electron chi connectivity index (χ2n) is 5.21. The van der Waals surface area contributed by atoms with Gasteiger partial charge in [0.2, 0.25) is 0 Å². The number of nitrogens with one attached hydrogen (secondary N) is 1. The highest BCUT2D eigenvalue weighted by Gasteiger charge is 2.47. The van der Waals surface area contributed by atoms with Crippen LogP contribution in [-0.4, -0.2) is 31.7 Å². The SMILES string of the molecule is CN(C(c1ccc(C(F)(F)F)cc1)C(F)(F)F)S(=N)(=O)c1cncnc1. The first-order chi connectivity index (χ1) is 11.8. The van der Waals surface area contributed by atoms with Gasteiger partial charge in [0.15, 0.2) is 0 Å². The van der Waals surface area contributed by atoms with E-state index in [1.165, 1.54) is 0 Å². The number of hydrogen-bond donors (Lipinski definition) is 1. The summed E-state index contributed by atoms with van der Waals surface area (Å²) in [7, 11) is -3.34. The lowest BCUT2D eigenvalue weighted by atomic mass is 10.0. The zero-order valence-corrected chi connectivity index (χ0v) is 13.9. The number of hydrogen-bond acceptors (Lipinski definition) is 4. The van der Waals surface area contributed by atoms with E-state index in [1.807, 2.05) is 0 Å². The molecular formula is C14H12F6N4OS. The monoisotopic (exact) mass is 398 g/mol. The van der Waals surface area contributed by atoms with Crippen molar-refractivity contribution in [3.63, 3.8) is 0 Å². The van der Waals surface area contributed by atoms with Gasteiger partial charge in [0, 0.05) is 19.4 Å². The minimum Gasteiger partial charge on any atom is -0.243 e. The van der Waals surface area contributed by atoms with Crippen LogP contribution in [0.25, 0.3) is 0 Å². The maximum atomic E-state index is 13.5. The maximum Gasteiger partial charge on any atom is 0.416 e. The fourth-order valence-corrected chi connectivity index (χ4v) is 3.48. The molecule has 1 aromatic carbocycles. The molecule has 0 radical (unpaired) electrons. The topological polar surface area (TPSA) is 69.9 Å². The Kier molecular flexibility index (Phi) is 5.29. The molecule has 0 aliphatic rings. The van der Waals surface area contributed by atoms with Crippen molar-refractivity contribution in [2.45, 2.75) is 23.3 Å². The minimum absolute atomic E-state index is 0.244. The third-order valence-corrected chi connectivity index (χ3v) is 5.36. The number of benzene rings is 1. The van der Waals surface area contributed by atoms with Gasteiger partial charge in [-0.05, 0) is 17.7 Å². The first kappa shape index (κ1) is 20.1. The second-order valence-corrected chi connectivity index (χ2v) is 7.31. The van der Waals surface area contributed by atoms with Gasteiger partial charge in [0.25, 0.3) is 0 Å². The van der Waals surface area contributed by atoms with Gasteiger partial charge in [-0.2, -0.15) is 26.3 Å². The highest BCUT2D eigenvalue weighted by Crippen LogP contribution is 2.40. The summed E-state index contributed by atoms with van der Waals surface area (Å²) in [5.74, 6) is 0. The summed E-state index contributed by atoms with van der Waals surface area (Å²) in [6.45, 7) is 0. The summed E-state index contributed by atoms with van der Waals surface area (Å²) in [6.07, 6.45) is -6.76. The zero-order chi connectivity index (χ0) is 19.8. The lowest BCUT2D eigenvalue weighted by molar-refractivity contribution is -0.170. The van der Waals surface area contributed by atoms with Gasteiger partial charge in [-0.3, -0.25) is 0 Å². The lowest BCUT2D eigenvalue weighted by Crippen LogP contribution is -2.39. The fourth-order valence-electron chi connectivity index (χ4n) is 2.20. The molecule has 1 N–H and O–H groups in total. The first-order valence-electron chi connectivity index (χ1n) is 6.86. The maximum absolute atomic E-state index is 13.5. The fraction of sp³-hybridized carbons (Fsp3) is 0.286. The molecule has 0 bridgehead atoms. The first-order valence-corrected chi connectivity index (χ1v) is 8.37. The Morgan fingerprint density at radius 2 is 1.54 bits per heavy atom. The minimum atomic E-state index is -4.99. The van der Waals surface area contributed by atoms with Crippen LogP contribution in [0.2, 0.25) is 0 Å². The normalized spacial score (nSPS) is 16.3. The van der Waals surface area contributed by atoms with Crippen LogP contribution in [0.15, 0.2) is 47.9 Å². The van der Waals surface area contributed by atoms with E-state index in [0.717, 1.165) is 25.8 Å². The summed E-state index contributed by atoms with van der Waals surface area (Å²) in [5.41, 5.74) is -1.70. The quantitative estimate of drug-likeness (QED) is 0.790. The average Bonchev–Trinajstić information content (AvgIpc) is 2.54. The molecule has 26 heavy (non-hydrogen) atoms. The number of aromatic nitrogens is 2. The number of alkyl halides is 6. The van der Waals surface area contributed by atoms with E-state index in [2.05, 4.69) is 9.97 Å². The highest BCUT2D eigenvalue weighted by molar-refractivity contribution is 7.90. The summed E-state index contributed by atoms with van der Waals surface area (Å²) in [4.78, 5) is 6.69. The van der Waals surface area contributed by atoms with Crippen LogP contribution in [-0.2, 0) is 16.1 Å². The van der Waals surface area contributed by atoms with E-state index in [0.29, 0.717) is 24.3 Å². The molecular weight excluding hydrogens is 386 g/mol. The van der Waals surface area contributed by atoms with Crippen molar-refractivity contribution >= 4 is 9.92 Å². The molecule has 1 aromatic heterocycles. The Morgan fingerprint density at radius 1 is 1.04 bits per heavy atom. The highest BCUT2D eigenvalue weighted by atomic mass is 32.2. The van der Waals surface area contributed by atoms with E-state index in [1.54, 1.807) is 0 Å². The molecule has 0 saturated carbocycles. The Labute approximate surface area is 144 Å². The van der Waals surface area contributed by atoms with Crippen LogP contribution in [0, 0.1) is 4.78 Å². The van der Waals surface area contributed by atoms with Crippen LogP contribution in [0.3, 0.4) is 0 Å². The van der Waals surface area contributed by atoms with Crippen molar-refractivity contribution in [3.05, 3.63) is 54.1 Å². The molecule has 2 unspecified atom stereocenters. The van der Waals surface area contributed by atoms with Gasteiger partial charge < -0.3 is 0 Å². The predicted molar refractivity (Wildman–Crippen MR) is 79.2 cm³/mol. The molecule has 142 valence electrons. The third-order valence-electron chi connectivity index (χ3n) is 3.49. The summed E-state index contributed by atoms with van der Waals surface area (Å²) in [6, 6.07) is -0.267. The smallest absolute Gasteiger partial charge is 0.243 e. The molecule has 0 saturated heterocycles. The van der Waals surface area contributed by atoms with E-state index in [-0.39, 0.29) is 9.20 Å². The zero-order valence-electron chi connectivity index (χ0n) is 13.0. The van der Waals surface area contributed by atoms with Gasteiger partial charge in [-0.25, -0.2) is 23.3 Å². The van der Waals surface area contributed by atoms with E-state index in [9.17, 15) is 30.6 Å². The van der Waals surface area contributed by atoms with Crippen molar-refractivity contribution in [3.8, 4) is 0 Å². The number of rotatable bonds is 4. The molecule has 2 aromatic rings. The Balaban J connectivity index is 2.49. The van der Waals surface area contributed by atoms with Gasteiger partial charge in [0.05, 0.1) is 10.5 Å². The van der Waals surface area contributed by atoms with Crippen LogP contribution < -0.4 is 0 Å². The lowest BCUT2D eigenvalue weighted by Gasteiger charge is -2.31. The van der Waals surface area contributed by atoms with Crippen LogP contribution >= 0.6 is 0 Å². The average molecular weight is 398 g/mol. The molecule has 0 aliphatic carbocycles. The van der Waals surface area contributed by atoms with E-state index in [4.69, 9.17) is 4.78 Å². The predicted octanol–water partition coefficient (Wildman–Crippen LogP) is 4.05. The molecule has 0 fully saturated rings. The van der Waals surface area contributed by atoms with Crippen LogP contribution in [0.1, 0.15) is 17.2 Å². The Morgan fingerprint density at radius 3 is 1.96 bits per heavy atom. The summed E-state index contributed by atoms with van der Waals surface area (Å²) in [5, 5.41) is 0. The standard InChI is InChI=1S/C14H12F6N4OS/c1-24(26(21,25)11-6-22-8-23-7-11)12(14(18,19)20)9-2-4-10(5-3-9)13(15,16)17/h2-8,12,21H,1H3. The molecule has 2 atom stereocenters. The molecule has 2 rings (SSSR count). The van der Waals surface area contributed by atoms with Crippen LogP contribution in [0.4, 0.5) is 26.3 Å². The van der Waals surface area contributed by atoms with Crippen molar-refractivity contribution in [2.24, 2.45) is 0 Å². The Hall–Kier alpha value is -2.21. The van der Waals surface area contributed by atoms with Crippen LogP contribution in [0.5, 0.6) is 0 Å². The molecule has 0 spiro atoms. The molecule has 0 amide bonds. The molecule has 12 heteroatoms. The van der Waals surface area contributed by atoms with E-state index >= 15 is 0 Å². The van der Waals surface area contributed by atoms with Gasteiger partial charge in [-0.1, -0.05) is 12.1 Å². The van der Waals surface area contributed by atoms with Gasteiger partial charge in [-0.15, -0.1) is 0 Å². The molecule has 5 nitrogen and oxygen atoms in total. The van der Waals surface area contributed by atoms with Gasteiger partial charge in [0.1, 0.15) is 22.3 Å². The molecule has 0 aliphatic heterocycles. The summed E-state index contributed by atoms with van der Waals surface area (Å²) < 4.78 is 99.1. The Bertz CT molecular complexity index is 850. The molecule has 1 heterocycles. The van der Waals surface area contributed by atoms with E-state index < -0.39 is 39.4 Å². The van der Waals surface area contributed by atoms with Crippen molar-refractivity contribution in [1.29, 1.82) is 4.78 Å². The second kappa shape index (κ2) is 6.83. The van der Waals surface area contributed by atoms with Crippen molar-refractivity contribution < 1.29 is 30.6 Å². The summed E-state index contributed by atoms with van der Waals surface area (Å²) >= 11 is 0. The van der Waals surface area contributed by atoms with Crippen molar-refractivity contribution in [2.75, 3.05) is 7.05 Å². The number of nitrogens with zero attached hydrogens (tertiary/aromatic N) is 3.